The lowest BCUT2D eigenvalue weighted by Gasteiger charge is -2.10. The summed E-state index contributed by atoms with van der Waals surface area (Å²) in [5.74, 6) is -0.870. The van der Waals surface area contributed by atoms with Crippen molar-refractivity contribution in [1.82, 2.24) is 0 Å². The molecule has 0 heterocycles. The van der Waals surface area contributed by atoms with Crippen LogP contribution in [-0.2, 0) is 0 Å². The van der Waals surface area contributed by atoms with E-state index in [1.165, 1.54) is 0 Å². The molecule has 1 rings (SSSR count). The van der Waals surface area contributed by atoms with Crippen LogP contribution in [-0.4, -0.2) is 11.3 Å². The highest BCUT2D eigenvalue weighted by Gasteiger charge is 2.33. The zero-order valence-electron chi connectivity index (χ0n) is 7.22. The van der Waals surface area contributed by atoms with Crippen molar-refractivity contribution in [1.29, 1.82) is 0 Å². The Bertz CT molecular complexity index is 436. The molecule has 0 bridgehead atoms. The van der Waals surface area contributed by atoms with Gasteiger partial charge in [0.2, 0.25) is 0 Å². The molecule has 0 aliphatic rings. The summed E-state index contributed by atoms with van der Waals surface area (Å²) in [6, 6.07) is 1.32. The van der Waals surface area contributed by atoms with Gasteiger partial charge in [0.1, 0.15) is 5.02 Å². The van der Waals surface area contributed by atoms with Gasteiger partial charge in [-0.15, -0.1) is 13.2 Å². The van der Waals surface area contributed by atoms with Crippen LogP contribution in [0, 0.1) is 10.1 Å². The van der Waals surface area contributed by atoms with Crippen molar-refractivity contribution < 1.29 is 22.8 Å². The number of ether oxygens (including phenoxy) is 1. The highest BCUT2D eigenvalue weighted by molar-refractivity contribution is 6.36. The second-order valence-electron chi connectivity index (χ2n) is 2.54. The first-order valence-electron chi connectivity index (χ1n) is 3.60. The summed E-state index contributed by atoms with van der Waals surface area (Å²) in [6.45, 7) is 0. The lowest BCUT2D eigenvalue weighted by molar-refractivity contribution is -0.384. The maximum atomic E-state index is 11.9. The third-order valence-electron chi connectivity index (χ3n) is 1.42. The second kappa shape index (κ2) is 4.34. The number of nitro groups is 1. The Morgan fingerprint density at radius 2 is 1.81 bits per heavy atom. The molecule has 0 amide bonds. The smallest absolute Gasteiger partial charge is 0.404 e. The third kappa shape index (κ3) is 3.14. The van der Waals surface area contributed by atoms with Gasteiger partial charge in [0, 0.05) is 0 Å². The lowest BCUT2D eigenvalue weighted by atomic mass is 10.3. The number of nitro benzene ring substituents is 1. The number of alkyl halides is 3. The van der Waals surface area contributed by atoms with Crippen LogP contribution in [0.4, 0.5) is 18.9 Å². The van der Waals surface area contributed by atoms with E-state index in [-0.39, 0.29) is 5.02 Å². The molecule has 0 aliphatic heterocycles. The summed E-state index contributed by atoms with van der Waals surface area (Å²) >= 11 is 10.8. The first kappa shape index (κ1) is 12.9. The van der Waals surface area contributed by atoms with Crippen molar-refractivity contribution in [2.24, 2.45) is 0 Å². The van der Waals surface area contributed by atoms with Crippen molar-refractivity contribution in [2.45, 2.75) is 6.36 Å². The minimum Gasteiger partial charge on any atom is -0.404 e. The molecule has 0 radical (unpaired) electrons. The average Bonchev–Trinajstić information content (AvgIpc) is 2.07. The predicted molar refractivity (Wildman–Crippen MR) is 49.8 cm³/mol. The van der Waals surface area contributed by atoms with Gasteiger partial charge >= 0.3 is 6.36 Å². The fourth-order valence-electron chi connectivity index (χ4n) is 0.861. The summed E-state index contributed by atoms with van der Waals surface area (Å²) in [4.78, 5) is 9.45. The summed E-state index contributed by atoms with van der Waals surface area (Å²) in [5, 5.41) is 9.56. The highest BCUT2D eigenvalue weighted by atomic mass is 35.5. The van der Waals surface area contributed by atoms with Crippen LogP contribution in [0.25, 0.3) is 0 Å². The Morgan fingerprint density at radius 1 is 1.25 bits per heavy atom. The van der Waals surface area contributed by atoms with Crippen molar-refractivity contribution >= 4 is 28.9 Å². The molecular weight excluding hydrogens is 274 g/mol. The molecule has 1 aromatic rings. The molecule has 0 spiro atoms. The van der Waals surface area contributed by atoms with Crippen molar-refractivity contribution in [3.05, 3.63) is 32.3 Å². The molecule has 0 N–H and O–H groups in total. The van der Waals surface area contributed by atoms with Crippen molar-refractivity contribution in [2.75, 3.05) is 0 Å². The van der Waals surface area contributed by atoms with Crippen molar-refractivity contribution in [3.8, 4) is 5.75 Å². The van der Waals surface area contributed by atoms with Crippen LogP contribution in [0.5, 0.6) is 5.75 Å². The van der Waals surface area contributed by atoms with Gasteiger partial charge in [-0.2, -0.15) is 0 Å². The minimum atomic E-state index is -4.98. The maximum Gasteiger partial charge on any atom is 0.573 e. The van der Waals surface area contributed by atoms with Gasteiger partial charge in [-0.05, 0) is 6.07 Å². The maximum absolute atomic E-state index is 11.9. The summed E-state index contributed by atoms with van der Waals surface area (Å²) in [5.41, 5.74) is -0.717. The Labute approximate surface area is 96.7 Å². The third-order valence-corrected chi connectivity index (χ3v) is 2.02. The molecule has 0 saturated carbocycles. The normalized spacial score (nSPS) is 11.3. The van der Waals surface area contributed by atoms with Crippen LogP contribution in [0.3, 0.4) is 0 Å². The van der Waals surface area contributed by atoms with Gasteiger partial charge in [-0.1, -0.05) is 23.2 Å². The van der Waals surface area contributed by atoms with Crippen LogP contribution in [0.15, 0.2) is 12.1 Å². The standard InChI is InChI=1S/C7H2Cl2F3NO3/c8-3-1-4(9)6(16-7(10,11)12)2-5(3)13(14)15/h1-2H. The Hall–Kier alpha value is -1.21. The summed E-state index contributed by atoms with van der Waals surface area (Å²) in [7, 11) is 0. The van der Waals surface area contributed by atoms with E-state index in [1.54, 1.807) is 0 Å². The van der Waals surface area contributed by atoms with Crippen LogP contribution < -0.4 is 4.74 Å². The van der Waals surface area contributed by atoms with E-state index in [1.807, 2.05) is 0 Å². The lowest BCUT2D eigenvalue weighted by Crippen LogP contribution is -2.17. The Morgan fingerprint density at radius 3 is 2.25 bits per heavy atom. The molecule has 4 nitrogen and oxygen atoms in total. The van der Waals surface area contributed by atoms with Gasteiger partial charge in [0.05, 0.1) is 16.0 Å². The fourth-order valence-corrected chi connectivity index (χ4v) is 1.35. The molecule has 0 aromatic heterocycles. The first-order valence-corrected chi connectivity index (χ1v) is 4.35. The molecular formula is C7H2Cl2F3NO3. The molecule has 0 unspecified atom stereocenters. The van der Waals surface area contributed by atoms with E-state index in [9.17, 15) is 23.3 Å². The Balaban J connectivity index is 3.20. The van der Waals surface area contributed by atoms with E-state index >= 15 is 0 Å². The molecule has 16 heavy (non-hydrogen) atoms. The van der Waals surface area contributed by atoms with E-state index in [4.69, 9.17) is 23.2 Å². The zero-order valence-corrected chi connectivity index (χ0v) is 8.73. The highest BCUT2D eigenvalue weighted by Crippen LogP contribution is 2.37. The number of hydrogen-bond donors (Lipinski definition) is 0. The summed E-state index contributed by atoms with van der Waals surface area (Å²) in [6.07, 6.45) is -4.98. The molecule has 0 saturated heterocycles. The quantitative estimate of drug-likeness (QED) is 0.609. The van der Waals surface area contributed by atoms with E-state index in [0.717, 1.165) is 6.07 Å². The van der Waals surface area contributed by atoms with E-state index in [2.05, 4.69) is 4.74 Å². The van der Waals surface area contributed by atoms with Crippen molar-refractivity contribution in [3.63, 3.8) is 0 Å². The molecule has 0 aliphatic carbocycles. The van der Waals surface area contributed by atoms with E-state index < -0.39 is 27.7 Å². The first-order chi connectivity index (χ1) is 7.20. The largest absolute Gasteiger partial charge is 0.573 e. The van der Waals surface area contributed by atoms with Gasteiger partial charge in [-0.25, -0.2) is 0 Å². The van der Waals surface area contributed by atoms with Crippen LogP contribution in [0.1, 0.15) is 0 Å². The van der Waals surface area contributed by atoms with Gasteiger partial charge in [-0.3, -0.25) is 10.1 Å². The molecule has 88 valence electrons. The average molecular weight is 276 g/mol. The van der Waals surface area contributed by atoms with Gasteiger partial charge < -0.3 is 4.74 Å². The van der Waals surface area contributed by atoms with E-state index in [0.29, 0.717) is 6.07 Å². The number of benzene rings is 1. The monoisotopic (exact) mass is 275 g/mol. The minimum absolute atomic E-state index is 0.371. The number of hydrogen-bond acceptors (Lipinski definition) is 3. The second-order valence-corrected chi connectivity index (χ2v) is 3.35. The predicted octanol–water partition coefficient (Wildman–Crippen LogP) is 3.80. The Kier molecular flexibility index (Phi) is 3.49. The van der Waals surface area contributed by atoms with Crippen LogP contribution in [0.2, 0.25) is 10.0 Å². The number of rotatable bonds is 2. The topological polar surface area (TPSA) is 52.4 Å². The molecule has 0 atom stereocenters. The molecule has 9 heteroatoms. The fraction of sp³-hybridized carbons (Fsp3) is 0.143. The van der Waals surface area contributed by atoms with Crippen LogP contribution >= 0.6 is 23.2 Å². The number of halogens is 5. The molecule has 1 aromatic carbocycles. The summed E-state index contributed by atoms with van der Waals surface area (Å²) < 4.78 is 39.1. The number of nitrogens with zero attached hydrogens (tertiary/aromatic N) is 1. The van der Waals surface area contributed by atoms with Gasteiger partial charge in [0.15, 0.2) is 5.75 Å². The zero-order chi connectivity index (χ0) is 12.5. The van der Waals surface area contributed by atoms with Gasteiger partial charge in [0.25, 0.3) is 5.69 Å². The molecule has 0 fully saturated rings. The SMILES string of the molecule is O=[N+]([O-])c1cc(OC(F)(F)F)c(Cl)cc1Cl.